The fourth-order valence-electron chi connectivity index (χ4n) is 1.79. The van der Waals surface area contributed by atoms with Gasteiger partial charge in [-0.15, -0.1) is 0 Å². The van der Waals surface area contributed by atoms with E-state index in [2.05, 4.69) is 10.6 Å². The fourth-order valence-corrected chi connectivity index (χ4v) is 1.79. The Morgan fingerprint density at radius 3 is 2.57 bits per heavy atom. The number of carbonyl (C=O) groups excluding carboxylic acids is 1. The average molecular weight is 304 g/mol. The number of urea groups is 1. The van der Waals surface area contributed by atoms with E-state index in [1.54, 1.807) is 0 Å². The van der Waals surface area contributed by atoms with Crippen molar-refractivity contribution in [2.45, 2.75) is 31.4 Å². The van der Waals surface area contributed by atoms with Gasteiger partial charge in [0.2, 0.25) is 0 Å². The summed E-state index contributed by atoms with van der Waals surface area (Å²) in [5.41, 5.74) is 0. The highest BCUT2D eigenvalue weighted by molar-refractivity contribution is 5.82. The summed E-state index contributed by atoms with van der Waals surface area (Å²) < 4.78 is 10.5. The van der Waals surface area contributed by atoms with Gasteiger partial charge in [-0.3, -0.25) is 4.79 Å². The molecule has 0 aliphatic carbocycles. The number of carboxylic acids is 2. The van der Waals surface area contributed by atoms with Crippen molar-refractivity contribution < 1.29 is 34.1 Å². The number of aliphatic carboxylic acids is 2. The largest absolute Gasteiger partial charge is 0.481 e. The number of hydrogen-bond acceptors (Lipinski definition) is 5. The standard InChI is InChI=1S/C12H20N2O7/c15-10(16)3-1-2-9(11(17)18)14-12(19)13-6-8-7-20-4-5-21-8/h8-9H,1-7H2,(H,15,16)(H,17,18)(H2,13,14,19)/t8?,9-/m1/s1. The van der Waals surface area contributed by atoms with Gasteiger partial charge in [0.05, 0.1) is 25.9 Å². The van der Waals surface area contributed by atoms with Gasteiger partial charge in [0, 0.05) is 13.0 Å². The number of amides is 2. The molecule has 1 aliphatic rings. The van der Waals surface area contributed by atoms with Crippen LogP contribution in [0.3, 0.4) is 0 Å². The highest BCUT2D eigenvalue weighted by atomic mass is 16.6. The summed E-state index contributed by atoms with van der Waals surface area (Å²) >= 11 is 0. The molecular weight excluding hydrogens is 284 g/mol. The van der Waals surface area contributed by atoms with Crippen LogP contribution in [0, 0.1) is 0 Å². The Morgan fingerprint density at radius 1 is 1.24 bits per heavy atom. The molecule has 120 valence electrons. The minimum absolute atomic E-state index is 0.0537. The zero-order valence-corrected chi connectivity index (χ0v) is 11.5. The predicted octanol–water partition coefficient (Wildman–Crippen LogP) is -0.591. The van der Waals surface area contributed by atoms with Crippen molar-refractivity contribution in [2.75, 3.05) is 26.4 Å². The van der Waals surface area contributed by atoms with E-state index in [-0.39, 0.29) is 31.9 Å². The van der Waals surface area contributed by atoms with Crippen molar-refractivity contribution in [1.82, 2.24) is 10.6 Å². The lowest BCUT2D eigenvalue weighted by Crippen LogP contribution is -2.49. The minimum atomic E-state index is -1.20. The maximum Gasteiger partial charge on any atom is 0.326 e. The molecule has 1 saturated heterocycles. The van der Waals surface area contributed by atoms with E-state index in [4.69, 9.17) is 19.7 Å². The Hall–Kier alpha value is -1.87. The minimum Gasteiger partial charge on any atom is -0.481 e. The van der Waals surface area contributed by atoms with E-state index < -0.39 is 24.0 Å². The van der Waals surface area contributed by atoms with Crippen molar-refractivity contribution in [1.29, 1.82) is 0 Å². The van der Waals surface area contributed by atoms with Gasteiger partial charge in [-0.25, -0.2) is 9.59 Å². The van der Waals surface area contributed by atoms with Crippen molar-refractivity contribution in [3.63, 3.8) is 0 Å². The number of rotatable bonds is 8. The second-order valence-electron chi connectivity index (χ2n) is 4.60. The molecule has 2 amide bonds. The lowest BCUT2D eigenvalue weighted by atomic mass is 10.1. The highest BCUT2D eigenvalue weighted by Gasteiger charge is 2.21. The number of carboxylic acid groups (broad SMARTS) is 2. The molecule has 0 aromatic rings. The molecule has 0 radical (unpaired) electrons. The van der Waals surface area contributed by atoms with E-state index in [9.17, 15) is 14.4 Å². The summed E-state index contributed by atoms with van der Waals surface area (Å²) in [5.74, 6) is -2.20. The third-order valence-electron chi connectivity index (χ3n) is 2.86. The molecule has 0 saturated carbocycles. The molecule has 9 heteroatoms. The van der Waals surface area contributed by atoms with Gasteiger partial charge in [-0.2, -0.15) is 0 Å². The molecule has 0 aromatic heterocycles. The summed E-state index contributed by atoms with van der Waals surface area (Å²) in [5, 5.41) is 22.3. The van der Waals surface area contributed by atoms with Crippen LogP contribution >= 0.6 is 0 Å². The Labute approximate surface area is 121 Å². The van der Waals surface area contributed by atoms with Gasteiger partial charge in [0.25, 0.3) is 0 Å². The van der Waals surface area contributed by atoms with Crippen molar-refractivity contribution in [2.24, 2.45) is 0 Å². The molecule has 1 aliphatic heterocycles. The monoisotopic (exact) mass is 304 g/mol. The van der Waals surface area contributed by atoms with Crippen molar-refractivity contribution >= 4 is 18.0 Å². The Bertz CT molecular complexity index is 369. The van der Waals surface area contributed by atoms with Crippen molar-refractivity contribution in [3.8, 4) is 0 Å². The first-order valence-electron chi connectivity index (χ1n) is 6.67. The first kappa shape index (κ1) is 17.2. The Kier molecular flexibility index (Phi) is 7.48. The van der Waals surface area contributed by atoms with E-state index in [0.717, 1.165) is 0 Å². The van der Waals surface area contributed by atoms with Gasteiger partial charge >= 0.3 is 18.0 Å². The third-order valence-corrected chi connectivity index (χ3v) is 2.86. The maximum atomic E-state index is 11.6. The fraction of sp³-hybridized carbons (Fsp3) is 0.750. The molecule has 4 N–H and O–H groups in total. The Morgan fingerprint density at radius 2 is 2.00 bits per heavy atom. The molecule has 9 nitrogen and oxygen atoms in total. The molecule has 2 atom stereocenters. The second-order valence-corrected chi connectivity index (χ2v) is 4.60. The van der Waals surface area contributed by atoms with E-state index in [0.29, 0.717) is 19.8 Å². The molecule has 0 spiro atoms. The second kappa shape index (κ2) is 9.14. The molecule has 1 rings (SSSR count). The molecule has 1 fully saturated rings. The summed E-state index contributed by atoms with van der Waals surface area (Å²) in [7, 11) is 0. The quantitative estimate of drug-likeness (QED) is 0.471. The van der Waals surface area contributed by atoms with Gasteiger partial charge in [-0.1, -0.05) is 0 Å². The molecule has 1 heterocycles. The van der Waals surface area contributed by atoms with Crippen LogP contribution in [0.1, 0.15) is 19.3 Å². The summed E-state index contributed by atoms with van der Waals surface area (Å²) in [6.07, 6.45) is -0.162. The topological polar surface area (TPSA) is 134 Å². The van der Waals surface area contributed by atoms with Crippen LogP contribution in [-0.2, 0) is 19.1 Å². The lowest BCUT2D eigenvalue weighted by Gasteiger charge is -2.23. The third kappa shape index (κ3) is 7.47. The van der Waals surface area contributed by atoms with E-state index in [1.807, 2.05) is 0 Å². The SMILES string of the molecule is O=C(O)CCC[C@@H](NC(=O)NCC1COCCO1)C(=O)O. The van der Waals surface area contributed by atoms with Crippen LogP contribution < -0.4 is 10.6 Å². The van der Waals surface area contributed by atoms with Crippen LogP contribution in [0.15, 0.2) is 0 Å². The lowest BCUT2D eigenvalue weighted by molar-refractivity contribution is -0.140. The summed E-state index contributed by atoms with van der Waals surface area (Å²) in [6, 6.07) is -1.75. The van der Waals surface area contributed by atoms with Crippen LogP contribution in [-0.4, -0.2) is 66.7 Å². The first-order valence-corrected chi connectivity index (χ1v) is 6.67. The van der Waals surface area contributed by atoms with Crippen molar-refractivity contribution in [3.05, 3.63) is 0 Å². The number of nitrogens with one attached hydrogen (secondary N) is 2. The van der Waals surface area contributed by atoms with Gasteiger partial charge < -0.3 is 30.3 Å². The zero-order valence-electron chi connectivity index (χ0n) is 11.5. The summed E-state index contributed by atoms with van der Waals surface area (Å²) in [4.78, 5) is 33.0. The average Bonchev–Trinajstić information content (AvgIpc) is 2.44. The number of ether oxygens (including phenoxy) is 2. The zero-order chi connectivity index (χ0) is 15.7. The summed E-state index contributed by atoms with van der Waals surface area (Å²) in [6.45, 7) is 1.57. The number of carbonyl (C=O) groups is 3. The molecular formula is C12H20N2O7. The van der Waals surface area contributed by atoms with Crippen LogP contribution in [0.2, 0.25) is 0 Å². The first-order chi connectivity index (χ1) is 9.99. The molecule has 0 aromatic carbocycles. The van der Waals surface area contributed by atoms with Gasteiger partial charge in [0.15, 0.2) is 0 Å². The number of hydrogen-bond donors (Lipinski definition) is 4. The normalized spacial score (nSPS) is 19.5. The van der Waals surface area contributed by atoms with E-state index >= 15 is 0 Å². The predicted molar refractivity (Wildman–Crippen MR) is 70.0 cm³/mol. The smallest absolute Gasteiger partial charge is 0.326 e. The Balaban J connectivity index is 2.27. The van der Waals surface area contributed by atoms with E-state index in [1.165, 1.54) is 0 Å². The maximum absolute atomic E-state index is 11.6. The van der Waals surface area contributed by atoms with Gasteiger partial charge in [0.1, 0.15) is 6.04 Å². The molecule has 21 heavy (non-hydrogen) atoms. The molecule has 0 bridgehead atoms. The van der Waals surface area contributed by atoms with Gasteiger partial charge in [-0.05, 0) is 12.8 Å². The molecule has 1 unspecified atom stereocenters. The highest BCUT2D eigenvalue weighted by Crippen LogP contribution is 2.02. The van der Waals surface area contributed by atoms with Crippen LogP contribution in [0.25, 0.3) is 0 Å². The van der Waals surface area contributed by atoms with Crippen LogP contribution in [0.4, 0.5) is 4.79 Å². The van der Waals surface area contributed by atoms with Crippen LogP contribution in [0.5, 0.6) is 0 Å².